The van der Waals surface area contributed by atoms with Crippen LogP contribution in [0.4, 0.5) is 0 Å². The first-order valence-corrected chi connectivity index (χ1v) is 17.3. The number of nitrogens with zero attached hydrogens (tertiary/aromatic N) is 1. The van der Waals surface area contributed by atoms with E-state index in [0.717, 1.165) is 5.56 Å². The number of amides is 3. The van der Waals surface area contributed by atoms with Crippen LogP contribution in [0, 0.1) is 0 Å². The maximum atomic E-state index is 13.2. The molecule has 1 fully saturated rings. The molecule has 14 heteroatoms. The quantitative estimate of drug-likeness (QED) is 0.0991. The van der Waals surface area contributed by atoms with Gasteiger partial charge in [0, 0.05) is 6.54 Å². The van der Waals surface area contributed by atoms with Gasteiger partial charge in [-0.1, -0.05) is 24.3 Å². The highest BCUT2D eigenvalue weighted by Crippen LogP contribution is 2.34. The van der Waals surface area contributed by atoms with Gasteiger partial charge < -0.3 is 38.8 Å². The lowest BCUT2D eigenvalue weighted by atomic mass is 10.0. The number of imide groups is 1. The third-order valence-electron chi connectivity index (χ3n) is 8.58. The van der Waals surface area contributed by atoms with Crippen molar-refractivity contribution in [2.75, 3.05) is 73.6 Å². The molecule has 52 heavy (non-hydrogen) atoms. The molecule has 0 spiro atoms. The Morgan fingerprint density at radius 1 is 0.885 bits per heavy atom. The average molecular weight is 723 g/mol. The molecule has 280 valence electrons. The van der Waals surface area contributed by atoms with Gasteiger partial charge in [0.2, 0.25) is 0 Å². The van der Waals surface area contributed by atoms with Gasteiger partial charge in [-0.3, -0.25) is 19.3 Å². The summed E-state index contributed by atoms with van der Waals surface area (Å²) in [6.07, 6.45) is 1.70. The molecular weight excluding hydrogens is 676 g/mol. The number of carbonyl (C=O) groups excluding carboxylic acids is 3. The second kappa shape index (κ2) is 19.8. The van der Waals surface area contributed by atoms with E-state index < -0.39 is 18.1 Å². The van der Waals surface area contributed by atoms with E-state index in [2.05, 4.69) is 5.32 Å². The van der Waals surface area contributed by atoms with E-state index in [4.69, 9.17) is 38.2 Å². The van der Waals surface area contributed by atoms with Crippen LogP contribution in [0.1, 0.15) is 57.2 Å². The number of fused-ring (bicyclic) bond motifs is 1. The largest absolute Gasteiger partial charge is 0.493 e. The van der Waals surface area contributed by atoms with Crippen LogP contribution in [0.2, 0.25) is 0 Å². The Labute approximate surface area is 302 Å². The lowest BCUT2D eigenvalue weighted by molar-refractivity contribution is -0.291. The number of ether oxygens (including phenoxy) is 6. The maximum absolute atomic E-state index is 13.2. The fourth-order valence-electron chi connectivity index (χ4n) is 5.89. The van der Waals surface area contributed by atoms with Gasteiger partial charge in [-0.2, -0.15) is 0 Å². The Bertz CT molecular complexity index is 1640. The zero-order chi connectivity index (χ0) is 36.7. The van der Waals surface area contributed by atoms with E-state index in [-0.39, 0.29) is 50.4 Å². The third-order valence-corrected chi connectivity index (χ3v) is 8.58. The molecule has 2 aliphatic heterocycles. The molecule has 2 atom stereocenters. The van der Waals surface area contributed by atoms with E-state index in [1.54, 1.807) is 50.6 Å². The van der Waals surface area contributed by atoms with E-state index in [1.807, 2.05) is 24.3 Å². The Kier molecular flexibility index (Phi) is 14.6. The van der Waals surface area contributed by atoms with Crippen molar-refractivity contribution >= 4 is 17.7 Å². The molecule has 0 aromatic heterocycles. The highest BCUT2D eigenvalue weighted by atomic mass is 17.2. The SMILES string of the molecule is COc1ccc(CCC(O)c2cccc(OCC(=O)NCCOCCOCCOc3cccc4c3C(=O)N(C3CCCOOC3)C4=O)c2)cc1OC. The number of hydrogen-bond donors (Lipinski definition) is 2. The van der Waals surface area contributed by atoms with Crippen LogP contribution in [0.25, 0.3) is 0 Å². The molecule has 2 aliphatic rings. The summed E-state index contributed by atoms with van der Waals surface area (Å²) in [5, 5.41) is 13.5. The van der Waals surface area contributed by atoms with Crippen molar-refractivity contribution in [1.82, 2.24) is 10.2 Å². The average Bonchev–Trinajstić information content (AvgIpc) is 3.30. The summed E-state index contributed by atoms with van der Waals surface area (Å²) >= 11 is 0. The van der Waals surface area contributed by atoms with Crippen molar-refractivity contribution in [2.45, 2.75) is 37.8 Å². The van der Waals surface area contributed by atoms with Crippen molar-refractivity contribution in [3.63, 3.8) is 0 Å². The first-order valence-electron chi connectivity index (χ1n) is 17.3. The molecule has 0 aliphatic carbocycles. The van der Waals surface area contributed by atoms with Crippen LogP contribution in [-0.2, 0) is 30.5 Å². The molecule has 3 amide bonds. The zero-order valence-electron chi connectivity index (χ0n) is 29.5. The van der Waals surface area contributed by atoms with Crippen LogP contribution in [-0.4, -0.2) is 107 Å². The fraction of sp³-hybridized carbons (Fsp3) is 0.447. The molecule has 2 unspecified atom stereocenters. The Morgan fingerprint density at radius 3 is 2.50 bits per heavy atom. The number of hydrogen-bond acceptors (Lipinski definition) is 12. The minimum Gasteiger partial charge on any atom is -0.493 e. The van der Waals surface area contributed by atoms with Gasteiger partial charge in [0.25, 0.3) is 17.7 Å². The molecule has 0 bridgehead atoms. The van der Waals surface area contributed by atoms with Crippen LogP contribution in [0.15, 0.2) is 60.7 Å². The molecule has 1 saturated heterocycles. The van der Waals surface area contributed by atoms with Gasteiger partial charge in [-0.05, 0) is 73.2 Å². The molecule has 2 N–H and O–H groups in total. The summed E-state index contributed by atoms with van der Waals surface area (Å²) in [6, 6.07) is 17.3. The van der Waals surface area contributed by atoms with Gasteiger partial charge >= 0.3 is 0 Å². The monoisotopic (exact) mass is 722 g/mol. The topological polar surface area (TPSA) is 161 Å². The summed E-state index contributed by atoms with van der Waals surface area (Å²) < 4.78 is 33.2. The molecule has 5 rings (SSSR count). The van der Waals surface area contributed by atoms with Gasteiger partial charge in [-0.25, -0.2) is 9.78 Å². The van der Waals surface area contributed by atoms with Gasteiger partial charge in [0.15, 0.2) is 18.1 Å². The molecule has 14 nitrogen and oxygen atoms in total. The van der Waals surface area contributed by atoms with E-state index in [0.29, 0.717) is 86.2 Å². The number of carbonyl (C=O) groups is 3. The normalized spacial score (nSPS) is 16.2. The molecule has 0 radical (unpaired) electrons. The van der Waals surface area contributed by atoms with Crippen LogP contribution in [0.5, 0.6) is 23.0 Å². The van der Waals surface area contributed by atoms with E-state index in [9.17, 15) is 19.5 Å². The predicted octanol–water partition coefficient (Wildman–Crippen LogP) is 3.68. The number of aliphatic hydroxyl groups excluding tert-OH is 1. The van der Waals surface area contributed by atoms with Crippen molar-refractivity contribution in [1.29, 1.82) is 0 Å². The summed E-state index contributed by atoms with van der Waals surface area (Å²) in [5.74, 6) is 1.04. The molecule has 2 heterocycles. The first-order chi connectivity index (χ1) is 25.4. The van der Waals surface area contributed by atoms with Crippen LogP contribution < -0.4 is 24.3 Å². The highest BCUT2D eigenvalue weighted by Gasteiger charge is 2.42. The standard InChI is InChI=1S/C38H46N2O12/c1-45-32-14-12-26(22-34(32)46-2)11-13-31(41)27-6-3-8-29(23-27)50-25-35(42)39-15-17-47-18-19-48-20-21-49-33-10-4-9-30-36(33)38(44)40(37(30)43)28-7-5-16-51-52-24-28/h3-4,6,8-10,12,14,22-23,28,31,41H,5,7,11,13,15-21,24-25H2,1-2H3,(H,39,42). The molecule has 3 aromatic rings. The minimum atomic E-state index is -0.712. The van der Waals surface area contributed by atoms with Crippen molar-refractivity contribution < 1.29 is 57.7 Å². The van der Waals surface area contributed by atoms with Crippen LogP contribution in [0.3, 0.4) is 0 Å². The lowest BCUT2D eigenvalue weighted by Gasteiger charge is -2.23. The fourth-order valence-corrected chi connectivity index (χ4v) is 5.89. The number of aryl methyl sites for hydroxylation is 1. The number of aliphatic hydroxyl groups is 1. The third kappa shape index (κ3) is 10.4. The van der Waals surface area contributed by atoms with E-state index >= 15 is 0 Å². The van der Waals surface area contributed by atoms with Crippen LogP contribution >= 0.6 is 0 Å². The predicted molar refractivity (Wildman–Crippen MR) is 187 cm³/mol. The number of methoxy groups -OCH3 is 2. The van der Waals surface area contributed by atoms with E-state index in [1.165, 1.54) is 4.90 Å². The molecule has 3 aromatic carbocycles. The van der Waals surface area contributed by atoms with Gasteiger partial charge in [0.1, 0.15) is 24.7 Å². The number of rotatable bonds is 20. The summed E-state index contributed by atoms with van der Waals surface area (Å²) in [7, 11) is 3.17. The number of nitrogens with one attached hydrogen (secondary N) is 1. The minimum absolute atomic E-state index is 0.130. The smallest absolute Gasteiger partial charge is 0.265 e. The van der Waals surface area contributed by atoms with Crippen molar-refractivity contribution in [2.24, 2.45) is 0 Å². The second-order valence-electron chi connectivity index (χ2n) is 12.1. The molecular formula is C38H46N2O12. The second-order valence-corrected chi connectivity index (χ2v) is 12.1. The zero-order valence-corrected chi connectivity index (χ0v) is 29.5. The van der Waals surface area contributed by atoms with Gasteiger partial charge in [0.05, 0.1) is 70.5 Å². The number of benzene rings is 3. The van der Waals surface area contributed by atoms with Gasteiger partial charge in [-0.15, -0.1) is 0 Å². The highest BCUT2D eigenvalue weighted by molar-refractivity contribution is 6.22. The summed E-state index contributed by atoms with van der Waals surface area (Å²) in [5.41, 5.74) is 2.27. The van der Waals surface area contributed by atoms with Crippen molar-refractivity contribution in [3.05, 3.63) is 82.9 Å². The first kappa shape index (κ1) is 38.5. The Balaban J connectivity index is 0.919. The Hall–Kier alpha value is -4.73. The Morgan fingerprint density at radius 2 is 1.67 bits per heavy atom. The molecule has 0 saturated carbocycles. The summed E-state index contributed by atoms with van der Waals surface area (Å²) in [6.45, 7) is 1.99. The van der Waals surface area contributed by atoms with Crippen molar-refractivity contribution in [3.8, 4) is 23.0 Å². The summed E-state index contributed by atoms with van der Waals surface area (Å²) in [4.78, 5) is 49.8. The lowest BCUT2D eigenvalue weighted by Crippen LogP contribution is -2.42. The maximum Gasteiger partial charge on any atom is 0.265 e.